The number of nitrogens with zero attached hydrogens (tertiary/aromatic N) is 2. The van der Waals surface area contributed by atoms with Crippen LogP contribution in [0.1, 0.15) is 43.7 Å². The number of aromatic nitrogens is 2. The van der Waals surface area contributed by atoms with E-state index < -0.39 is 4.33 Å². The van der Waals surface area contributed by atoms with Crippen molar-refractivity contribution >= 4 is 23.2 Å². The molecule has 1 saturated heterocycles. The summed E-state index contributed by atoms with van der Waals surface area (Å²) in [5.74, 6) is 0.493. The van der Waals surface area contributed by atoms with E-state index in [1.165, 1.54) is 31.4 Å². The van der Waals surface area contributed by atoms with Crippen molar-refractivity contribution in [2.75, 3.05) is 13.1 Å². The topological polar surface area (TPSA) is 31.9 Å². The van der Waals surface area contributed by atoms with Gasteiger partial charge in [-0.15, -0.1) is 23.2 Å². The van der Waals surface area contributed by atoms with Crippen LogP contribution >= 0.6 is 23.2 Å². The van der Waals surface area contributed by atoms with E-state index in [0.717, 1.165) is 19.4 Å². The van der Waals surface area contributed by atoms with Gasteiger partial charge in [-0.3, -0.25) is 10.00 Å². The highest BCUT2D eigenvalue weighted by atomic mass is 35.5. The van der Waals surface area contributed by atoms with E-state index in [2.05, 4.69) is 15.1 Å². The Kier molecular flexibility index (Phi) is 3.57. The van der Waals surface area contributed by atoms with Gasteiger partial charge in [0.25, 0.3) is 0 Å². The van der Waals surface area contributed by atoms with Crippen LogP contribution in [0.25, 0.3) is 0 Å². The van der Waals surface area contributed by atoms with Gasteiger partial charge in [-0.2, -0.15) is 5.10 Å². The number of aromatic amines is 1. The third-order valence-corrected chi connectivity index (χ3v) is 5.16. The molecule has 3 nitrogen and oxygen atoms in total. The van der Waals surface area contributed by atoms with Crippen molar-refractivity contribution in [3.8, 4) is 0 Å². The van der Waals surface area contributed by atoms with Crippen molar-refractivity contribution in [1.29, 1.82) is 0 Å². The summed E-state index contributed by atoms with van der Waals surface area (Å²) in [4.78, 5) is 2.57. The van der Waals surface area contributed by atoms with Gasteiger partial charge in [-0.1, -0.05) is 6.42 Å². The summed E-state index contributed by atoms with van der Waals surface area (Å²) in [5, 5.41) is 6.99. The lowest BCUT2D eigenvalue weighted by atomic mass is 9.97. The lowest BCUT2D eigenvalue weighted by molar-refractivity contribution is 0.144. The fourth-order valence-corrected chi connectivity index (χ4v) is 3.57. The van der Waals surface area contributed by atoms with E-state index in [0.29, 0.717) is 12.0 Å². The van der Waals surface area contributed by atoms with Crippen LogP contribution in [0.3, 0.4) is 0 Å². The summed E-state index contributed by atoms with van der Waals surface area (Å²) in [5.41, 5.74) is 1.31. The second-order valence-corrected chi connectivity index (χ2v) is 7.07. The predicted octanol–water partition coefficient (Wildman–Crippen LogP) is 3.52. The molecule has 2 fully saturated rings. The molecular formula is C13H19Cl2N3. The number of piperidine rings is 1. The van der Waals surface area contributed by atoms with Crippen LogP contribution in [0.15, 0.2) is 12.4 Å². The third kappa shape index (κ3) is 2.68. The lowest BCUT2D eigenvalue weighted by Crippen LogP contribution is -2.34. The molecule has 1 aliphatic heterocycles. The number of alkyl halides is 2. The zero-order valence-corrected chi connectivity index (χ0v) is 11.9. The van der Waals surface area contributed by atoms with Crippen LogP contribution in [0.2, 0.25) is 0 Å². The highest BCUT2D eigenvalue weighted by Gasteiger charge is 2.51. The molecule has 2 unspecified atom stereocenters. The average molecular weight is 288 g/mol. The molecule has 1 N–H and O–H groups in total. The molecule has 2 heterocycles. The minimum Gasteiger partial charge on any atom is -0.296 e. The van der Waals surface area contributed by atoms with Crippen LogP contribution in [0.5, 0.6) is 0 Å². The summed E-state index contributed by atoms with van der Waals surface area (Å²) >= 11 is 12.2. The van der Waals surface area contributed by atoms with Crippen molar-refractivity contribution in [2.24, 2.45) is 5.92 Å². The van der Waals surface area contributed by atoms with E-state index in [-0.39, 0.29) is 0 Å². The van der Waals surface area contributed by atoms with Gasteiger partial charge in [0, 0.05) is 17.8 Å². The molecule has 0 spiro atoms. The van der Waals surface area contributed by atoms with E-state index in [9.17, 15) is 0 Å². The smallest absolute Gasteiger partial charge is 0.121 e. The second kappa shape index (κ2) is 5.03. The number of nitrogens with one attached hydrogen (secondary N) is 1. The Balaban J connectivity index is 1.58. The van der Waals surface area contributed by atoms with Crippen molar-refractivity contribution in [1.82, 2.24) is 15.1 Å². The maximum atomic E-state index is 6.09. The minimum atomic E-state index is -0.430. The number of hydrogen-bond acceptors (Lipinski definition) is 2. The van der Waals surface area contributed by atoms with Crippen molar-refractivity contribution in [2.45, 2.75) is 42.5 Å². The predicted molar refractivity (Wildman–Crippen MR) is 73.9 cm³/mol. The maximum Gasteiger partial charge on any atom is 0.121 e. The van der Waals surface area contributed by atoms with Crippen LogP contribution in [-0.4, -0.2) is 32.5 Å². The summed E-state index contributed by atoms with van der Waals surface area (Å²) in [7, 11) is 0. The first kappa shape index (κ1) is 12.8. The van der Waals surface area contributed by atoms with Crippen LogP contribution in [0, 0.1) is 5.92 Å². The highest BCUT2D eigenvalue weighted by molar-refractivity contribution is 6.50. The standard InChI is InChI=1S/C13H19Cl2N3/c14-13(15)7-11(13)4-6-18-5-2-1-3-12(18)10-8-16-17-9-10/h8-9,11-12H,1-7H2,(H,16,17). The quantitative estimate of drug-likeness (QED) is 0.860. The van der Waals surface area contributed by atoms with E-state index in [1.54, 1.807) is 0 Å². The summed E-state index contributed by atoms with van der Waals surface area (Å²) in [6, 6.07) is 0.524. The minimum absolute atomic E-state index is 0.430. The molecule has 1 aliphatic carbocycles. The molecule has 1 saturated carbocycles. The molecular weight excluding hydrogens is 269 g/mol. The Morgan fingerprint density at radius 3 is 2.94 bits per heavy atom. The number of hydrogen-bond donors (Lipinski definition) is 1. The summed E-state index contributed by atoms with van der Waals surface area (Å²) in [6.07, 6.45) is 9.89. The molecule has 1 aromatic heterocycles. The number of rotatable bonds is 4. The maximum absolute atomic E-state index is 6.09. The Morgan fingerprint density at radius 1 is 1.44 bits per heavy atom. The number of halogens is 2. The first-order valence-electron chi connectivity index (χ1n) is 6.77. The van der Waals surface area contributed by atoms with Crippen molar-refractivity contribution in [3.63, 3.8) is 0 Å². The molecule has 2 atom stereocenters. The van der Waals surface area contributed by atoms with Gasteiger partial charge in [0.2, 0.25) is 0 Å². The van der Waals surface area contributed by atoms with Gasteiger partial charge >= 0.3 is 0 Å². The number of likely N-dealkylation sites (tertiary alicyclic amines) is 1. The van der Waals surface area contributed by atoms with Crippen LogP contribution in [-0.2, 0) is 0 Å². The van der Waals surface area contributed by atoms with Gasteiger partial charge in [0.05, 0.1) is 6.20 Å². The lowest BCUT2D eigenvalue weighted by Gasteiger charge is -2.35. The molecule has 3 rings (SSSR count). The van der Waals surface area contributed by atoms with Crippen molar-refractivity contribution in [3.05, 3.63) is 18.0 Å². The highest BCUT2D eigenvalue weighted by Crippen LogP contribution is 2.55. The average Bonchev–Trinajstić information content (AvgIpc) is 2.81. The molecule has 2 aliphatic rings. The Bertz CT molecular complexity index is 391. The molecule has 0 amide bonds. The summed E-state index contributed by atoms with van der Waals surface area (Å²) < 4.78 is -0.430. The molecule has 100 valence electrons. The normalized spacial score (nSPS) is 31.4. The molecule has 0 radical (unpaired) electrons. The molecule has 1 aromatic rings. The van der Waals surface area contributed by atoms with Crippen LogP contribution < -0.4 is 0 Å². The van der Waals surface area contributed by atoms with Gasteiger partial charge in [-0.25, -0.2) is 0 Å². The zero-order chi connectivity index (χ0) is 12.6. The Morgan fingerprint density at radius 2 is 2.28 bits per heavy atom. The molecule has 0 aromatic carbocycles. The zero-order valence-electron chi connectivity index (χ0n) is 10.4. The number of H-pyrrole nitrogens is 1. The second-order valence-electron chi connectivity index (χ2n) is 5.53. The van der Waals surface area contributed by atoms with Gasteiger partial charge in [-0.05, 0) is 44.7 Å². The fourth-order valence-electron chi connectivity index (χ4n) is 2.98. The monoisotopic (exact) mass is 287 g/mol. The van der Waals surface area contributed by atoms with Crippen molar-refractivity contribution < 1.29 is 0 Å². The summed E-state index contributed by atoms with van der Waals surface area (Å²) in [6.45, 7) is 2.28. The first-order valence-corrected chi connectivity index (χ1v) is 7.53. The van der Waals surface area contributed by atoms with Gasteiger partial charge in [0.1, 0.15) is 4.33 Å². The van der Waals surface area contributed by atoms with Gasteiger partial charge in [0.15, 0.2) is 0 Å². The molecule has 5 heteroatoms. The Labute approximate surface area is 118 Å². The van der Waals surface area contributed by atoms with E-state index in [1.807, 2.05) is 12.4 Å². The van der Waals surface area contributed by atoms with Crippen LogP contribution in [0.4, 0.5) is 0 Å². The first-order chi connectivity index (χ1) is 8.67. The van der Waals surface area contributed by atoms with E-state index >= 15 is 0 Å². The molecule has 18 heavy (non-hydrogen) atoms. The van der Waals surface area contributed by atoms with Gasteiger partial charge < -0.3 is 0 Å². The largest absolute Gasteiger partial charge is 0.296 e. The SMILES string of the molecule is ClC1(Cl)CC1CCN1CCCCC1c1cn[nH]c1. The Hall–Kier alpha value is -0.250. The fraction of sp³-hybridized carbons (Fsp3) is 0.769. The third-order valence-electron chi connectivity index (χ3n) is 4.24. The molecule has 0 bridgehead atoms. The van der Waals surface area contributed by atoms with E-state index in [4.69, 9.17) is 23.2 Å².